The van der Waals surface area contributed by atoms with Crippen molar-refractivity contribution in [3.8, 4) is 6.01 Å². The second kappa shape index (κ2) is 4.70. The number of ether oxygens (including phenoxy) is 1. The Balaban J connectivity index is 2.23. The highest BCUT2D eigenvalue weighted by atomic mass is 16.5. The van der Waals surface area contributed by atoms with Crippen LogP contribution in [-0.4, -0.2) is 33.2 Å². The van der Waals surface area contributed by atoms with Crippen LogP contribution in [0.25, 0.3) is 6.01 Å². The van der Waals surface area contributed by atoms with Gasteiger partial charge in [-0.25, -0.2) is 4.79 Å². The van der Waals surface area contributed by atoms with Crippen LogP contribution in [-0.2, 0) is 4.74 Å². The Morgan fingerprint density at radius 3 is 2.89 bits per heavy atom. The summed E-state index contributed by atoms with van der Waals surface area (Å²) in [7, 11) is 0. The molecule has 0 saturated carbocycles. The molecule has 2 rings (SSSR count). The zero-order chi connectivity index (χ0) is 13.1. The van der Waals surface area contributed by atoms with E-state index in [2.05, 4.69) is 10.1 Å². The second-order valence-electron chi connectivity index (χ2n) is 3.25. The van der Waals surface area contributed by atoms with Crippen LogP contribution >= 0.6 is 0 Å². The van der Waals surface area contributed by atoms with Gasteiger partial charge < -0.3 is 14.9 Å². The first-order valence-electron chi connectivity index (χ1n) is 5.10. The number of rotatable bonds is 4. The van der Waals surface area contributed by atoms with E-state index >= 15 is 0 Å². The third-order valence-electron chi connectivity index (χ3n) is 2.01. The third kappa shape index (κ3) is 2.21. The molecule has 0 aromatic carbocycles. The number of aromatic nitrogens is 3. The molecule has 2 aromatic rings. The van der Waals surface area contributed by atoms with E-state index in [0.717, 1.165) is 6.26 Å². The Labute approximate surface area is 101 Å². The van der Waals surface area contributed by atoms with Crippen LogP contribution in [0.3, 0.4) is 0 Å². The summed E-state index contributed by atoms with van der Waals surface area (Å²) in [5.74, 6) is -1.25. The monoisotopic (exact) mass is 250 g/mol. The number of nitrogens with two attached hydrogens (primary N) is 1. The lowest BCUT2D eigenvalue weighted by molar-refractivity contribution is 0.0519. The summed E-state index contributed by atoms with van der Waals surface area (Å²) in [6.45, 7) is 1.93. The van der Waals surface area contributed by atoms with Crippen molar-refractivity contribution >= 4 is 11.9 Å². The van der Waals surface area contributed by atoms with Crippen molar-refractivity contribution in [2.75, 3.05) is 6.61 Å². The van der Waals surface area contributed by atoms with Crippen molar-refractivity contribution in [2.24, 2.45) is 5.73 Å². The zero-order valence-electron chi connectivity index (χ0n) is 9.49. The number of esters is 1. The molecule has 0 radical (unpaired) electrons. The largest absolute Gasteiger partial charge is 0.461 e. The molecule has 8 nitrogen and oxygen atoms in total. The Morgan fingerprint density at radius 1 is 1.50 bits per heavy atom. The number of nitrogens with zero attached hydrogens (tertiary/aromatic N) is 3. The highest BCUT2D eigenvalue weighted by molar-refractivity contribution is 5.90. The molecule has 0 unspecified atom stereocenters. The molecule has 8 heteroatoms. The van der Waals surface area contributed by atoms with E-state index in [4.69, 9.17) is 14.9 Å². The average molecular weight is 250 g/mol. The van der Waals surface area contributed by atoms with Crippen molar-refractivity contribution in [1.29, 1.82) is 0 Å². The molecular formula is C10H10N4O4. The van der Waals surface area contributed by atoms with Gasteiger partial charge in [0.15, 0.2) is 11.4 Å². The lowest BCUT2D eigenvalue weighted by Crippen LogP contribution is -2.12. The standard InChI is InChI=1S/C10H10N4O4/c1-2-17-9(16)7-5-18-10(12-7)14-4-3-6(13-14)8(11)15/h3-5H,2H2,1H3,(H2,11,15). The van der Waals surface area contributed by atoms with Crippen LogP contribution in [0.1, 0.15) is 27.9 Å². The van der Waals surface area contributed by atoms with Gasteiger partial charge in [-0.15, -0.1) is 0 Å². The quantitative estimate of drug-likeness (QED) is 0.772. The molecule has 0 atom stereocenters. The number of hydrogen-bond donors (Lipinski definition) is 1. The fourth-order valence-corrected chi connectivity index (χ4v) is 1.23. The molecule has 0 aliphatic heterocycles. The van der Waals surface area contributed by atoms with Crippen LogP contribution in [0.4, 0.5) is 0 Å². The predicted molar refractivity (Wildman–Crippen MR) is 58.1 cm³/mol. The van der Waals surface area contributed by atoms with Crippen LogP contribution in [0, 0.1) is 0 Å². The SMILES string of the molecule is CCOC(=O)c1coc(-n2ccc(C(N)=O)n2)n1. The van der Waals surface area contributed by atoms with Crippen molar-refractivity contribution in [2.45, 2.75) is 6.92 Å². The lowest BCUT2D eigenvalue weighted by atomic mass is 10.4. The lowest BCUT2D eigenvalue weighted by Gasteiger charge is -1.95. The first-order chi connectivity index (χ1) is 8.61. The Hall–Kier alpha value is -2.64. The summed E-state index contributed by atoms with van der Waals surface area (Å²) < 4.78 is 11.0. The van der Waals surface area contributed by atoms with Gasteiger partial charge >= 0.3 is 12.0 Å². The maximum Gasteiger partial charge on any atom is 0.360 e. The summed E-state index contributed by atoms with van der Waals surface area (Å²) in [5.41, 5.74) is 5.16. The molecule has 0 bridgehead atoms. The highest BCUT2D eigenvalue weighted by Crippen LogP contribution is 2.09. The number of carbonyl (C=O) groups is 2. The molecule has 0 fully saturated rings. The van der Waals surface area contributed by atoms with Gasteiger partial charge in [-0.3, -0.25) is 4.79 Å². The minimum atomic E-state index is -0.661. The molecule has 2 N–H and O–H groups in total. The molecule has 2 aromatic heterocycles. The Kier molecular flexibility index (Phi) is 3.09. The van der Waals surface area contributed by atoms with E-state index in [0.29, 0.717) is 0 Å². The van der Waals surface area contributed by atoms with Gasteiger partial charge in [0, 0.05) is 6.20 Å². The fraction of sp³-hybridized carbons (Fsp3) is 0.200. The second-order valence-corrected chi connectivity index (χ2v) is 3.25. The van der Waals surface area contributed by atoms with Gasteiger partial charge in [0.05, 0.1) is 6.61 Å². The van der Waals surface area contributed by atoms with E-state index in [9.17, 15) is 9.59 Å². The Bertz CT molecular complexity index is 586. The van der Waals surface area contributed by atoms with E-state index in [1.54, 1.807) is 6.92 Å². The van der Waals surface area contributed by atoms with E-state index in [1.165, 1.54) is 16.9 Å². The van der Waals surface area contributed by atoms with Gasteiger partial charge in [-0.1, -0.05) is 0 Å². The molecule has 18 heavy (non-hydrogen) atoms. The van der Waals surface area contributed by atoms with Crippen LogP contribution in [0.5, 0.6) is 0 Å². The summed E-state index contributed by atoms with van der Waals surface area (Å²) in [6, 6.07) is 1.46. The van der Waals surface area contributed by atoms with Crippen LogP contribution in [0.2, 0.25) is 0 Å². The maximum atomic E-state index is 11.4. The summed E-state index contributed by atoms with van der Waals surface area (Å²) >= 11 is 0. The number of oxazole rings is 1. The van der Waals surface area contributed by atoms with E-state index in [1.807, 2.05) is 0 Å². The van der Waals surface area contributed by atoms with Crippen molar-refractivity contribution < 1.29 is 18.7 Å². The van der Waals surface area contributed by atoms with E-state index < -0.39 is 11.9 Å². The van der Waals surface area contributed by atoms with Crippen molar-refractivity contribution in [1.82, 2.24) is 14.8 Å². The highest BCUT2D eigenvalue weighted by Gasteiger charge is 2.15. The van der Waals surface area contributed by atoms with Crippen molar-refractivity contribution in [3.63, 3.8) is 0 Å². The summed E-state index contributed by atoms with van der Waals surface area (Å²) in [5, 5.41) is 3.83. The Morgan fingerprint density at radius 2 is 2.28 bits per heavy atom. The molecule has 1 amide bonds. The maximum absolute atomic E-state index is 11.4. The molecular weight excluding hydrogens is 240 g/mol. The summed E-state index contributed by atoms with van der Waals surface area (Å²) in [6.07, 6.45) is 2.60. The molecule has 0 aliphatic carbocycles. The first-order valence-corrected chi connectivity index (χ1v) is 5.10. The summed E-state index contributed by atoms with van der Waals surface area (Å²) in [4.78, 5) is 26.1. The third-order valence-corrected chi connectivity index (χ3v) is 2.01. The molecule has 2 heterocycles. The smallest absolute Gasteiger partial charge is 0.360 e. The molecule has 0 aliphatic rings. The number of hydrogen-bond acceptors (Lipinski definition) is 6. The van der Waals surface area contributed by atoms with Gasteiger partial charge in [-0.2, -0.15) is 14.8 Å². The number of amides is 1. The van der Waals surface area contributed by atoms with Crippen molar-refractivity contribution in [3.05, 3.63) is 29.9 Å². The van der Waals surface area contributed by atoms with E-state index in [-0.39, 0.29) is 24.0 Å². The molecule has 0 saturated heterocycles. The average Bonchev–Trinajstić information content (AvgIpc) is 2.98. The number of primary amides is 1. The first kappa shape index (κ1) is 11.8. The normalized spacial score (nSPS) is 10.3. The minimum Gasteiger partial charge on any atom is -0.461 e. The molecule has 0 spiro atoms. The topological polar surface area (TPSA) is 113 Å². The molecule has 94 valence electrons. The van der Waals surface area contributed by atoms with Gasteiger partial charge in [0.1, 0.15) is 6.26 Å². The van der Waals surface area contributed by atoms with Crippen LogP contribution in [0.15, 0.2) is 22.9 Å². The minimum absolute atomic E-state index is 0.0305. The fourth-order valence-electron chi connectivity index (χ4n) is 1.23. The number of carbonyl (C=O) groups excluding carboxylic acids is 2. The zero-order valence-corrected chi connectivity index (χ0v) is 9.49. The van der Waals surface area contributed by atoms with Crippen LogP contribution < -0.4 is 5.73 Å². The predicted octanol–water partition coefficient (Wildman–Crippen LogP) is 0.136. The van der Waals surface area contributed by atoms with Gasteiger partial charge in [-0.05, 0) is 13.0 Å². The van der Waals surface area contributed by atoms with Gasteiger partial charge in [0.25, 0.3) is 5.91 Å². The van der Waals surface area contributed by atoms with Gasteiger partial charge in [0.2, 0.25) is 0 Å².